The van der Waals surface area contributed by atoms with Gasteiger partial charge < -0.3 is 0 Å². The number of amides is 5. The van der Waals surface area contributed by atoms with Gasteiger partial charge in [0, 0.05) is 0 Å². The van der Waals surface area contributed by atoms with Crippen LogP contribution in [0.25, 0.3) is 0 Å². The fraction of sp³-hybridized carbons (Fsp3) is 0.200. The first-order valence-electron chi connectivity index (χ1n) is 3.45. The lowest BCUT2D eigenvalue weighted by Gasteiger charge is -2.28. The number of fused-ring (bicyclic) bond motifs is 1. The number of nitrogens with zero attached hydrogens (tertiary/aromatic N) is 1. The summed E-state index contributed by atoms with van der Waals surface area (Å²) in [7, 11) is 0. The van der Waals surface area contributed by atoms with Crippen molar-refractivity contribution >= 4 is 23.8 Å². The minimum atomic E-state index is -2.13. The van der Waals surface area contributed by atoms with Crippen LogP contribution in [0.3, 0.4) is 0 Å². The van der Waals surface area contributed by atoms with E-state index in [1.54, 1.807) is 5.32 Å². The molecule has 0 aromatic carbocycles. The normalized spacial score (nSPS) is 30.1. The molecule has 1 fully saturated rings. The first kappa shape index (κ1) is 8.59. The van der Waals surface area contributed by atoms with Crippen LogP contribution in [0.5, 0.6) is 0 Å². The number of aliphatic imine (C=N–C) groups is 1. The summed E-state index contributed by atoms with van der Waals surface area (Å²) in [4.78, 5) is 39.9. The van der Waals surface area contributed by atoms with Gasteiger partial charge in [-0.15, -0.1) is 0 Å². The van der Waals surface area contributed by atoms with E-state index in [0.717, 1.165) is 0 Å². The average Bonchev–Trinajstić information content (AvgIpc) is 2.42. The Balaban J connectivity index is 2.45. The van der Waals surface area contributed by atoms with Crippen LogP contribution < -0.4 is 16.0 Å². The van der Waals surface area contributed by atoms with Gasteiger partial charge in [-0.25, -0.2) is 14.8 Å². The minimum Gasteiger partial charge on any atom is -0.291 e. The second-order valence-electron chi connectivity index (χ2n) is 2.57. The largest absolute Gasteiger partial charge is 0.345 e. The van der Waals surface area contributed by atoms with E-state index >= 15 is 0 Å². The van der Waals surface area contributed by atoms with Gasteiger partial charge in [-0.2, -0.15) is 9.88 Å². The van der Waals surface area contributed by atoms with Crippen molar-refractivity contribution < 1.29 is 24.5 Å². The first-order chi connectivity index (χ1) is 6.58. The second-order valence-corrected chi connectivity index (χ2v) is 2.57. The molecule has 1 saturated heterocycles. The molecule has 14 heavy (non-hydrogen) atoms. The molecular formula is C5H4N4O5. The molecule has 9 nitrogen and oxygen atoms in total. The molecule has 74 valence electrons. The van der Waals surface area contributed by atoms with E-state index in [1.165, 1.54) is 0 Å². The van der Waals surface area contributed by atoms with Gasteiger partial charge in [-0.05, 0) is 0 Å². The molecule has 0 bridgehead atoms. The SMILES string of the molecule is O=C1N=C2NC(=O)NC(=O)[C@]2(OO)N1. The Bertz CT molecular complexity index is 376. The van der Waals surface area contributed by atoms with Gasteiger partial charge in [-0.1, -0.05) is 0 Å². The van der Waals surface area contributed by atoms with Gasteiger partial charge in [0.2, 0.25) is 0 Å². The number of hydrogen-bond acceptors (Lipinski definition) is 5. The second kappa shape index (κ2) is 2.49. The zero-order valence-corrected chi connectivity index (χ0v) is 6.53. The monoisotopic (exact) mass is 200 g/mol. The quantitative estimate of drug-likeness (QED) is 0.291. The third kappa shape index (κ3) is 0.900. The lowest BCUT2D eigenvalue weighted by molar-refractivity contribution is -0.295. The number of nitrogens with one attached hydrogen (secondary N) is 3. The summed E-state index contributed by atoms with van der Waals surface area (Å²) >= 11 is 0. The third-order valence-corrected chi connectivity index (χ3v) is 1.75. The summed E-state index contributed by atoms with van der Waals surface area (Å²) in [5.41, 5.74) is -2.13. The van der Waals surface area contributed by atoms with E-state index in [9.17, 15) is 14.4 Å². The summed E-state index contributed by atoms with van der Waals surface area (Å²) in [6.07, 6.45) is 0. The van der Waals surface area contributed by atoms with E-state index in [4.69, 9.17) is 5.26 Å². The molecule has 2 heterocycles. The number of urea groups is 2. The maximum atomic E-state index is 11.2. The Kier molecular flexibility index (Phi) is 1.53. The van der Waals surface area contributed by atoms with Crippen LogP contribution in [0.4, 0.5) is 9.59 Å². The van der Waals surface area contributed by atoms with E-state index < -0.39 is 29.5 Å². The Hall–Kier alpha value is -2.00. The van der Waals surface area contributed by atoms with Gasteiger partial charge in [0.15, 0.2) is 5.84 Å². The third-order valence-electron chi connectivity index (χ3n) is 1.75. The summed E-state index contributed by atoms with van der Waals surface area (Å²) in [6.45, 7) is 0. The molecule has 0 aromatic rings. The van der Waals surface area contributed by atoms with Crippen molar-refractivity contribution in [2.75, 3.05) is 0 Å². The molecule has 0 aliphatic carbocycles. The highest BCUT2D eigenvalue weighted by molar-refractivity contribution is 6.28. The van der Waals surface area contributed by atoms with Crippen molar-refractivity contribution in [3.05, 3.63) is 0 Å². The summed E-state index contributed by atoms with van der Waals surface area (Å²) in [5.74, 6) is -1.41. The van der Waals surface area contributed by atoms with Crippen molar-refractivity contribution in [3.63, 3.8) is 0 Å². The highest BCUT2D eigenvalue weighted by atomic mass is 17.1. The van der Waals surface area contributed by atoms with Crippen LogP contribution in [0, 0.1) is 0 Å². The maximum absolute atomic E-state index is 11.2. The van der Waals surface area contributed by atoms with Crippen molar-refractivity contribution in [2.24, 2.45) is 4.99 Å². The maximum Gasteiger partial charge on any atom is 0.345 e. The molecule has 9 heteroatoms. The number of carbonyl (C=O) groups excluding carboxylic acids is 3. The fourth-order valence-electron chi connectivity index (χ4n) is 1.14. The first-order valence-corrected chi connectivity index (χ1v) is 3.45. The van der Waals surface area contributed by atoms with Gasteiger partial charge in [-0.3, -0.25) is 20.7 Å². The van der Waals surface area contributed by atoms with Crippen molar-refractivity contribution in [3.8, 4) is 0 Å². The molecule has 2 aliphatic rings. The standard InChI is InChI=1S/C5H4N4O5/c10-2-5(14-13)1(6-3(11)8-2)7-4(12)9-5/h13H,(H3,6,7,8,9,10,11,12)/t5-/m0/s1. The molecule has 5 amide bonds. The van der Waals surface area contributed by atoms with E-state index in [2.05, 4.69) is 9.88 Å². The smallest absolute Gasteiger partial charge is 0.291 e. The molecule has 2 aliphatic heterocycles. The fourth-order valence-corrected chi connectivity index (χ4v) is 1.14. The number of amidine groups is 1. The molecule has 0 saturated carbocycles. The van der Waals surface area contributed by atoms with Crippen LogP contribution in [-0.2, 0) is 9.68 Å². The van der Waals surface area contributed by atoms with Crippen LogP contribution in [0.15, 0.2) is 4.99 Å². The zero-order chi connectivity index (χ0) is 10.3. The molecular weight excluding hydrogens is 196 g/mol. The van der Waals surface area contributed by atoms with E-state index in [1.807, 2.05) is 10.6 Å². The van der Waals surface area contributed by atoms with Gasteiger partial charge >= 0.3 is 17.8 Å². The van der Waals surface area contributed by atoms with Crippen LogP contribution in [-0.4, -0.2) is 34.8 Å². The molecule has 0 unspecified atom stereocenters. The predicted octanol–water partition coefficient (Wildman–Crippen LogP) is -1.87. The number of imide groups is 1. The predicted molar refractivity (Wildman–Crippen MR) is 39.1 cm³/mol. The number of hydrogen-bond donors (Lipinski definition) is 4. The Morgan fingerprint density at radius 1 is 1.29 bits per heavy atom. The highest BCUT2D eigenvalue weighted by Gasteiger charge is 2.56. The zero-order valence-electron chi connectivity index (χ0n) is 6.53. The highest BCUT2D eigenvalue weighted by Crippen LogP contribution is 2.16. The van der Waals surface area contributed by atoms with Crippen molar-refractivity contribution in [1.29, 1.82) is 0 Å². The summed E-state index contributed by atoms with van der Waals surface area (Å²) in [5, 5.41) is 14.3. The molecule has 0 aromatic heterocycles. The van der Waals surface area contributed by atoms with Gasteiger partial charge in [0.25, 0.3) is 5.91 Å². The molecule has 2 rings (SSSR count). The van der Waals surface area contributed by atoms with Crippen LogP contribution in [0.2, 0.25) is 0 Å². The number of carbonyl (C=O) groups is 3. The lowest BCUT2D eigenvalue weighted by Crippen LogP contribution is -2.71. The van der Waals surface area contributed by atoms with Gasteiger partial charge in [0.05, 0.1) is 0 Å². The molecule has 0 radical (unpaired) electrons. The Morgan fingerprint density at radius 2 is 2.00 bits per heavy atom. The summed E-state index contributed by atoms with van der Waals surface area (Å²) < 4.78 is 0. The van der Waals surface area contributed by atoms with Crippen molar-refractivity contribution in [2.45, 2.75) is 5.72 Å². The van der Waals surface area contributed by atoms with Gasteiger partial charge in [0.1, 0.15) is 0 Å². The Morgan fingerprint density at radius 3 is 2.64 bits per heavy atom. The average molecular weight is 200 g/mol. The topological polar surface area (TPSA) is 129 Å². The lowest BCUT2D eigenvalue weighted by atomic mass is 10.1. The summed E-state index contributed by atoms with van der Waals surface area (Å²) in [6, 6.07) is -1.75. The molecule has 4 N–H and O–H groups in total. The van der Waals surface area contributed by atoms with Crippen LogP contribution >= 0.6 is 0 Å². The Labute approximate surface area is 76.1 Å². The van der Waals surface area contributed by atoms with E-state index in [-0.39, 0.29) is 0 Å². The van der Waals surface area contributed by atoms with Crippen LogP contribution in [0.1, 0.15) is 0 Å². The number of rotatable bonds is 1. The minimum absolute atomic E-state index is 0.390. The van der Waals surface area contributed by atoms with E-state index in [0.29, 0.717) is 0 Å². The molecule has 1 atom stereocenters. The van der Waals surface area contributed by atoms with Crippen molar-refractivity contribution in [1.82, 2.24) is 16.0 Å². The molecule has 0 spiro atoms.